The number of carboxylic acids is 2. The van der Waals surface area contributed by atoms with Crippen molar-refractivity contribution in [3.05, 3.63) is 0 Å². The second kappa shape index (κ2) is 9.18. The Bertz CT molecular complexity index is 319. The lowest BCUT2D eigenvalue weighted by atomic mass is 10.1. The van der Waals surface area contributed by atoms with Gasteiger partial charge in [-0.2, -0.15) is 0 Å². The number of amides is 2. The third-order valence-electron chi connectivity index (χ3n) is 2.62. The maximum Gasteiger partial charge on any atom is 0.326 e. The molecule has 7 heteroatoms. The Morgan fingerprint density at radius 1 is 1.11 bits per heavy atom. The van der Waals surface area contributed by atoms with Crippen LogP contribution in [0.2, 0.25) is 0 Å². The average Bonchev–Trinajstić information content (AvgIpc) is 2.31. The second-order valence-electron chi connectivity index (χ2n) is 4.48. The Labute approximate surface area is 112 Å². The lowest BCUT2D eigenvalue weighted by molar-refractivity contribution is -0.140. The number of aliphatic carboxylic acids is 2. The van der Waals surface area contributed by atoms with Crippen LogP contribution in [0.15, 0.2) is 0 Å². The largest absolute Gasteiger partial charge is 0.481 e. The van der Waals surface area contributed by atoms with E-state index in [4.69, 9.17) is 10.2 Å². The second-order valence-corrected chi connectivity index (χ2v) is 4.48. The number of hydrogen-bond acceptors (Lipinski definition) is 3. The molecule has 0 radical (unpaired) electrons. The fraction of sp³-hybridized carbons (Fsp3) is 0.750. The van der Waals surface area contributed by atoms with Crippen molar-refractivity contribution in [3.63, 3.8) is 0 Å². The van der Waals surface area contributed by atoms with E-state index in [2.05, 4.69) is 10.6 Å². The lowest BCUT2D eigenvalue weighted by Crippen LogP contribution is -2.48. The Morgan fingerprint density at radius 3 is 2.21 bits per heavy atom. The zero-order chi connectivity index (χ0) is 14.8. The highest BCUT2D eigenvalue weighted by molar-refractivity contribution is 5.83. The molecule has 0 aliphatic carbocycles. The molecule has 0 saturated heterocycles. The highest BCUT2D eigenvalue weighted by atomic mass is 16.4. The lowest BCUT2D eigenvalue weighted by Gasteiger charge is -2.17. The van der Waals surface area contributed by atoms with Crippen LogP contribution < -0.4 is 10.6 Å². The number of carbonyl (C=O) groups is 3. The van der Waals surface area contributed by atoms with Gasteiger partial charge in [-0.25, -0.2) is 9.59 Å². The SMILES string of the molecule is CCCCC(C)NC(=O)N[C@@H](CCC(=O)O)C(=O)O. The molecule has 7 nitrogen and oxygen atoms in total. The standard InChI is InChI=1S/C12H22N2O5/c1-3-4-5-8(2)13-12(19)14-9(11(17)18)6-7-10(15)16/h8-9H,3-7H2,1-2H3,(H,15,16)(H,17,18)(H2,13,14,19)/t8?,9-/m0/s1. The molecule has 0 aliphatic rings. The van der Waals surface area contributed by atoms with Crippen molar-refractivity contribution in [1.29, 1.82) is 0 Å². The van der Waals surface area contributed by atoms with Gasteiger partial charge in [0, 0.05) is 12.5 Å². The van der Waals surface area contributed by atoms with E-state index in [0.717, 1.165) is 19.3 Å². The molecule has 0 aromatic heterocycles. The monoisotopic (exact) mass is 274 g/mol. The van der Waals surface area contributed by atoms with Crippen LogP contribution in [0.25, 0.3) is 0 Å². The minimum Gasteiger partial charge on any atom is -0.481 e. The van der Waals surface area contributed by atoms with Crippen LogP contribution in [0.1, 0.15) is 46.0 Å². The molecule has 0 bridgehead atoms. The van der Waals surface area contributed by atoms with Crippen LogP contribution in [0, 0.1) is 0 Å². The summed E-state index contributed by atoms with van der Waals surface area (Å²) in [5.41, 5.74) is 0. The molecule has 0 aromatic carbocycles. The molecular weight excluding hydrogens is 252 g/mol. The summed E-state index contributed by atoms with van der Waals surface area (Å²) in [5.74, 6) is -2.33. The van der Waals surface area contributed by atoms with Crippen molar-refractivity contribution in [2.45, 2.75) is 58.0 Å². The minimum atomic E-state index is -1.24. The maximum absolute atomic E-state index is 11.5. The number of rotatable bonds is 9. The van der Waals surface area contributed by atoms with Gasteiger partial charge in [0.15, 0.2) is 0 Å². The fourth-order valence-corrected chi connectivity index (χ4v) is 1.53. The molecule has 2 atom stereocenters. The highest BCUT2D eigenvalue weighted by Gasteiger charge is 2.21. The normalized spacial score (nSPS) is 13.4. The average molecular weight is 274 g/mol. The molecule has 0 aliphatic heterocycles. The van der Waals surface area contributed by atoms with Gasteiger partial charge < -0.3 is 20.8 Å². The van der Waals surface area contributed by atoms with Crippen LogP contribution in [0.5, 0.6) is 0 Å². The van der Waals surface area contributed by atoms with Crippen LogP contribution in [-0.2, 0) is 9.59 Å². The first kappa shape index (κ1) is 17.2. The fourth-order valence-electron chi connectivity index (χ4n) is 1.53. The predicted octanol–water partition coefficient (Wildman–Crippen LogP) is 1.18. The van der Waals surface area contributed by atoms with E-state index in [0.29, 0.717) is 0 Å². The number of hydrogen-bond donors (Lipinski definition) is 4. The molecule has 0 fully saturated rings. The summed E-state index contributed by atoms with van der Waals surface area (Å²) < 4.78 is 0. The topological polar surface area (TPSA) is 116 Å². The number of carbonyl (C=O) groups excluding carboxylic acids is 1. The third kappa shape index (κ3) is 8.87. The molecule has 1 unspecified atom stereocenters. The summed E-state index contributed by atoms with van der Waals surface area (Å²) >= 11 is 0. The number of nitrogens with one attached hydrogen (secondary N) is 2. The Hall–Kier alpha value is -1.79. The molecular formula is C12H22N2O5. The smallest absolute Gasteiger partial charge is 0.326 e. The van der Waals surface area contributed by atoms with Crippen LogP contribution >= 0.6 is 0 Å². The molecule has 0 saturated carbocycles. The zero-order valence-corrected chi connectivity index (χ0v) is 11.3. The zero-order valence-electron chi connectivity index (χ0n) is 11.3. The first-order valence-electron chi connectivity index (χ1n) is 6.38. The van der Waals surface area contributed by atoms with E-state index < -0.39 is 24.0 Å². The van der Waals surface area contributed by atoms with Gasteiger partial charge in [0.25, 0.3) is 0 Å². The Kier molecular flexibility index (Phi) is 8.32. The van der Waals surface area contributed by atoms with Crippen LogP contribution in [0.4, 0.5) is 4.79 Å². The van der Waals surface area contributed by atoms with Gasteiger partial charge in [0.1, 0.15) is 6.04 Å². The van der Waals surface area contributed by atoms with Crippen LogP contribution in [-0.4, -0.2) is 40.3 Å². The summed E-state index contributed by atoms with van der Waals surface area (Å²) in [6.07, 6.45) is 2.37. The van der Waals surface area contributed by atoms with E-state index in [1.807, 2.05) is 13.8 Å². The molecule has 0 heterocycles. The van der Waals surface area contributed by atoms with Crippen molar-refractivity contribution in [2.24, 2.45) is 0 Å². The first-order chi connectivity index (χ1) is 8.86. The number of urea groups is 1. The van der Waals surface area contributed by atoms with Gasteiger partial charge in [-0.05, 0) is 19.8 Å². The van der Waals surface area contributed by atoms with E-state index in [9.17, 15) is 14.4 Å². The van der Waals surface area contributed by atoms with Gasteiger partial charge in [0.2, 0.25) is 0 Å². The molecule has 4 N–H and O–H groups in total. The predicted molar refractivity (Wildman–Crippen MR) is 68.9 cm³/mol. The van der Waals surface area contributed by atoms with Gasteiger partial charge in [0.05, 0.1) is 0 Å². The van der Waals surface area contributed by atoms with Gasteiger partial charge in [-0.1, -0.05) is 19.8 Å². The minimum absolute atomic E-state index is 0.0473. The summed E-state index contributed by atoms with van der Waals surface area (Å²) in [4.78, 5) is 32.8. The first-order valence-corrected chi connectivity index (χ1v) is 6.38. The number of unbranched alkanes of at least 4 members (excludes halogenated alkanes) is 1. The molecule has 2 amide bonds. The van der Waals surface area contributed by atoms with E-state index >= 15 is 0 Å². The Morgan fingerprint density at radius 2 is 1.74 bits per heavy atom. The third-order valence-corrected chi connectivity index (χ3v) is 2.62. The molecule has 110 valence electrons. The van der Waals surface area contributed by atoms with Crippen molar-refractivity contribution < 1.29 is 24.6 Å². The van der Waals surface area contributed by atoms with Crippen molar-refractivity contribution in [2.75, 3.05) is 0 Å². The van der Waals surface area contributed by atoms with Gasteiger partial charge in [-0.3, -0.25) is 4.79 Å². The maximum atomic E-state index is 11.5. The number of carboxylic acid groups (broad SMARTS) is 2. The van der Waals surface area contributed by atoms with E-state index in [-0.39, 0.29) is 18.9 Å². The summed E-state index contributed by atoms with van der Waals surface area (Å²) in [5, 5.41) is 22.3. The van der Waals surface area contributed by atoms with Crippen molar-refractivity contribution in [1.82, 2.24) is 10.6 Å². The van der Waals surface area contributed by atoms with E-state index in [1.165, 1.54) is 0 Å². The summed E-state index contributed by atoms with van der Waals surface area (Å²) in [6.45, 7) is 3.88. The molecule has 0 aromatic rings. The molecule has 0 spiro atoms. The van der Waals surface area contributed by atoms with Crippen molar-refractivity contribution >= 4 is 18.0 Å². The van der Waals surface area contributed by atoms with Crippen LogP contribution in [0.3, 0.4) is 0 Å². The Balaban J connectivity index is 4.16. The molecule has 19 heavy (non-hydrogen) atoms. The highest BCUT2D eigenvalue weighted by Crippen LogP contribution is 2.01. The van der Waals surface area contributed by atoms with Gasteiger partial charge >= 0.3 is 18.0 Å². The summed E-state index contributed by atoms with van der Waals surface area (Å²) in [6, 6.07) is -1.82. The molecule has 0 rings (SSSR count). The van der Waals surface area contributed by atoms with Crippen molar-refractivity contribution in [3.8, 4) is 0 Å². The quantitative estimate of drug-likeness (QED) is 0.504. The van der Waals surface area contributed by atoms with E-state index in [1.54, 1.807) is 0 Å². The summed E-state index contributed by atoms with van der Waals surface area (Å²) in [7, 11) is 0. The van der Waals surface area contributed by atoms with Gasteiger partial charge in [-0.15, -0.1) is 0 Å².